The molecule has 3 fully saturated rings. The number of carbonyl (C=O) groups excluding carboxylic acids is 2. The van der Waals surface area contributed by atoms with E-state index in [1.54, 1.807) is 54.9 Å². The number of aliphatic hydroxyl groups is 1. The number of fused-ring (bicyclic) bond motifs is 1. The second kappa shape index (κ2) is 16.6. The number of carbonyl (C=O) groups is 2. The number of aromatic nitrogens is 5. The lowest BCUT2D eigenvalue weighted by molar-refractivity contribution is -0.133. The smallest absolute Gasteiger partial charge is 0.278 e. The molecule has 16 heteroatoms. The highest BCUT2D eigenvalue weighted by atomic mass is 19.1. The van der Waals surface area contributed by atoms with E-state index in [-0.39, 0.29) is 36.2 Å². The number of piperidine rings is 2. The highest BCUT2D eigenvalue weighted by molar-refractivity contribution is 6.01. The third kappa shape index (κ3) is 8.69. The average Bonchev–Trinajstić information content (AvgIpc) is 3.49. The second-order valence-corrected chi connectivity index (χ2v) is 16.1. The molecule has 308 valence electrons. The van der Waals surface area contributed by atoms with E-state index in [1.807, 2.05) is 12.1 Å². The van der Waals surface area contributed by atoms with Gasteiger partial charge in [-0.15, -0.1) is 6.58 Å². The van der Waals surface area contributed by atoms with Crippen molar-refractivity contribution in [1.29, 1.82) is 0 Å². The van der Waals surface area contributed by atoms with Crippen molar-refractivity contribution in [2.75, 3.05) is 66.2 Å². The minimum atomic E-state index is -1.17. The summed E-state index contributed by atoms with van der Waals surface area (Å²) in [6, 6.07) is 17.9. The first kappa shape index (κ1) is 39.7. The largest absolute Gasteiger partial charge is 0.384 e. The Hall–Kier alpha value is -6.13. The Balaban J connectivity index is 0.838. The number of amides is 2. The van der Waals surface area contributed by atoms with Crippen LogP contribution < -0.4 is 31.3 Å². The molecule has 3 saturated heterocycles. The van der Waals surface area contributed by atoms with Crippen LogP contribution in [-0.2, 0) is 21.7 Å². The molecule has 2 amide bonds. The Morgan fingerprint density at radius 1 is 0.932 bits per heavy atom. The maximum absolute atomic E-state index is 15.2. The van der Waals surface area contributed by atoms with Crippen LogP contribution in [0.15, 0.2) is 84.3 Å². The van der Waals surface area contributed by atoms with Crippen molar-refractivity contribution in [1.82, 2.24) is 34.5 Å². The van der Waals surface area contributed by atoms with Crippen LogP contribution in [0.25, 0.3) is 16.9 Å². The summed E-state index contributed by atoms with van der Waals surface area (Å²) < 4.78 is 18.4. The summed E-state index contributed by atoms with van der Waals surface area (Å²) >= 11 is 0. The number of nitrogens with zero attached hydrogens (tertiary/aromatic N) is 8. The zero-order chi connectivity index (χ0) is 41.3. The fraction of sp³-hybridized carbons (Fsp3) is 0.395. The number of hydrogen-bond acceptors (Lipinski definition) is 12. The second-order valence-electron chi connectivity index (χ2n) is 16.1. The number of benzene rings is 2. The van der Waals surface area contributed by atoms with Crippen LogP contribution in [0.5, 0.6) is 0 Å². The van der Waals surface area contributed by atoms with E-state index in [9.17, 15) is 19.5 Å². The fourth-order valence-corrected chi connectivity index (χ4v) is 8.17. The van der Waals surface area contributed by atoms with Crippen molar-refractivity contribution >= 4 is 51.5 Å². The fourth-order valence-electron chi connectivity index (χ4n) is 8.17. The topological polar surface area (TPSA) is 166 Å². The van der Waals surface area contributed by atoms with E-state index in [1.165, 1.54) is 16.9 Å². The molecule has 0 bridgehead atoms. The number of rotatable bonds is 12. The summed E-state index contributed by atoms with van der Waals surface area (Å²) in [5.74, 6) is 0.378. The van der Waals surface area contributed by atoms with E-state index in [2.05, 4.69) is 59.3 Å². The van der Waals surface area contributed by atoms with E-state index in [4.69, 9.17) is 4.98 Å². The summed E-state index contributed by atoms with van der Waals surface area (Å²) in [6.07, 6.45) is 5.98. The van der Waals surface area contributed by atoms with Gasteiger partial charge in [-0.1, -0.05) is 12.1 Å². The standard InChI is InChI=1S/C43H50FN11O4/c1-4-18-54-41(58)32-26-45-42(50-39(32)55(54)37-7-5-6-36(48-37)43(2,3)59)47-29-8-11-31(12-9-29)52-19-16-28(17-20-52)27-51-21-23-53(24-22-51)35-14-10-30(25-33(35)44)46-34-13-15-38(56)49-40(34)57/h4-12,14,25-26,28,34,46,59H,1,13,15-24,27H2,2-3H3,(H,45,47,50)(H,49,56,57). The van der Waals surface area contributed by atoms with E-state index in [0.29, 0.717) is 52.2 Å². The van der Waals surface area contributed by atoms with Crippen LogP contribution >= 0.6 is 0 Å². The number of imide groups is 1. The van der Waals surface area contributed by atoms with Crippen molar-refractivity contribution in [2.45, 2.75) is 57.7 Å². The number of nitrogens with one attached hydrogen (secondary N) is 3. The minimum absolute atomic E-state index is 0.234. The molecule has 59 heavy (non-hydrogen) atoms. The molecule has 2 aromatic carbocycles. The van der Waals surface area contributed by atoms with Crippen molar-refractivity contribution in [3.8, 4) is 5.82 Å². The van der Waals surface area contributed by atoms with Gasteiger partial charge in [0.2, 0.25) is 17.8 Å². The predicted molar refractivity (Wildman–Crippen MR) is 226 cm³/mol. The lowest BCUT2D eigenvalue weighted by Crippen LogP contribution is -2.49. The Kier molecular flexibility index (Phi) is 11.2. The van der Waals surface area contributed by atoms with Gasteiger partial charge >= 0.3 is 0 Å². The normalized spacial score (nSPS) is 18.3. The van der Waals surface area contributed by atoms with E-state index < -0.39 is 11.6 Å². The highest BCUT2D eigenvalue weighted by Gasteiger charge is 2.28. The molecular weight excluding hydrogens is 754 g/mol. The van der Waals surface area contributed by atoms with Gasteiger partial charge in [-0.2, -0.15) is 4.98 Å². The monoisotopic (exact) mass is 803 g/mol. The summed E-state index contributed by atoms with van der Waals surface area (Å²) in [6.45, 7) is 13.5. The van der Waals surface area contributed by atoms with Gasteiger partial charge in [0.05, 0.1) is 17.9 Å². The first-order valence-corrected chi connectivity index (χ1v) is 20.2. The Morgan fingerprint density at radius 3 is 2.37 bits per heavy atom. The van der Waals surface area contributed by atoms with Crippen LogP contribution in [0.4, 0.5) is 33.1 Å². The van der Waals surface area contributed by atoms with Crippen LogP contribution in [-0.4, -0.2) is 98.0 Å². The van der Waals surface area contributed by atoms with Gasteiger partial charge < -0.3 is 25.5 Å². The number of halogens is 1. The molecule has 4 N–H and O–H groups in total. The summed E-state index contributed by atoms with van der Waals surface area (Å²) in [4.78, 5) is 57.8. The van der Waals surface area contributed by atoms with Gasteiger partial charge in [0.1, 0.15) is 22.8 Å². The lowest BCUT2D eigenvalue weighted by Gasteiger charge is -2.40. The SMILES string of the molecule is C=CCn1c(=O)c2cnc(Nc3ccc(N4CCC(CN5CCN(c6ccc(NC7CCC(=O)NC7=O)cc6F)CC5)CC4)cc3)nc2n1-c1cccc(C(C)(C)O)n1. The first-order chi connectivity index (χ1) is 28.4. The number of piperazine rings is 1. The van der Waals surface area contributed by atoms with Gasteiger partial charge in [0.25, 0.3) is 5.56 Å². The van der Waals surface area contributed by atoms with E-state index in [0.717, 1.165) is 70.0 Å². The molecule has 0 spiro atoms. The summed E-state index contributed by atoms with van der Waals surface area (Å²) in [5, 5.41) is 19.6. The molecule has 0 saturated carbocycles. The third-order valence-electron chi connectivity index (χ3n) is 11.4. The molecule has 0 aliphatic carbocycles. The number of hydrogen-bond donors (Lipinski definition) is 4. The third-order valence-corrected chi connectivity index (χ3v) is 11.4. The molecule has 1 unspecified atom stereocenters. The van der Waals surface area contributed by atoms with Gasteiger partial charge in [0, 0.05) is 75.5 Å². The predicted octanol–water partition coefficient (Wildman–Crippen LogP) is 4.53. The Morgan fingerprint density at radius 2 is 1.68 bits per heavy atom. The van der Waals surface area contributed by atoms with Crippen LogP contribution in [0.2, 0.25) is 0 Å². The zero-order valence-electron chi connectivity index (χ0n) is 33.4. The van der Waals surface area contributed by atoms with Gasteiger partial charge in [-0.05, 0) is 93.6 Å². The molecular formula is C43H50FN11O4. The van der Waals surface area contributed by atoms with Crippen LogP contribution in [0, 0.1) is 11.7 Å². The maximum Gasteiger partial charge on any atom is 0.278 e. The highest BCUT2D eigenvalue weighted by Crippen LogP contribution is 2.29. The number of allylic oxidation sites excluding steroid dienone is 1. The van der Waals surface area contributed by atoms with Gasteiger partial charge in [-0.3, -0.25) is 24.6 Å². The first-order valence-electron chi connectivity index (χ1n) is 20.2. The summed E-state index contributed by atoms with van der Waals surface area (Å²) in [5.41, 5.74) is 2.45. The molecule has 6 heterocycles. The molecule has 8 rings (SSSR count). The number of anilines is 5. The summed E-state index contributed by atoms with van der Waals surface area (Å²) in [7, 11) is 0. The molecule has 15 nitrogen and oxygen atoms in total. The van der Waals surface area contributed by atoms with Crippen LogP contribution in [0.3, 0.4) is 0 Å². The lowest BCUT2D eigenvalue weighted by atomic mass is 9.95. The Labute approximate surface area is 341 Å². The van der Waals surface area contributed by atoms with Gasteiger partial charge in [0.15, 0.2) is 11.5 Å². The maximum atomic E-state index is 15.2. The molecule has 1 atom stereocenters. The van der Waals surface area contributed by atoms with Crippen molar-refractivity contribution < 1.29 is 19.1 Å². The van der Waals surface area contributed by atoms with Crippen LogP contribution in [0.1, 0.15) is 45.2 Å². The molecule has 3 aromatic heterocycles. The molecule has 0 radical (unpaired) electrons. The Bertz CT molecular complexity index is 2410. The van der Waals surface area contributed by atoms with Crippen molar-refractivity contribution in [2.24, 2.45) is 5.92 Å². The molecule has 5 aromatic rings. The van der Waals surface area contributed by atoms with Crippen molar-refractivity contribution in [3.05, 3.63) is 101 Å². The zero-order valence-corrected chi connectivity index (χ0v) is 33.4. The average molecular weight is 804 g/mol. The molecule has 3 aliphatic rings. The van der Waals surface area contributed by atoms with Gasteiger partial charge in [-0.25, -0.2) is 23.7 Å². The van der Waals surface area contributed by atoms with Crippen molar-refractivity contribution in [3.63, 3.8) is 0 Å². The number of pyridine rings is 1. The quantitative estimate of drug-likeness (QED) is 0.103. The van der Waals surface area contributed by atoms with E-state index >= 15 is 4.39 Å². The molecule has 3 aliphatic heterocycles. The minimum Gasteiger partial charge on any atom is -0.384 e.